The molecule has 188 valence electrons. The molecular formula is C30H44O4. The van der Waals surface area contributed by atoms with E-state index in [9.17, 15) is 15.0 Å². The van der Waals surface area contributed by atoms with Crippen LogP contribution >= 0.6 is 0 Å². The molecule has 0 heterocycles. The molecule has 0 spiro atoms. The molecule has 0 saturated heterocycles. The first-order valence-electron chi connectivity index (χ1n) is 12.2. The van der Waals surface area contributed by atoms with Gasteiger partial charge in [-0.2, -0.15) is 0 Å². The molecule has 0 aliphatic rings. The number of aryl methyl sites for hydroxylation is 1. The smallest absolute Gasteiger partial charge is 0.305 e. The summed E-state index contributed by atoms with van der Waals surface area (Å²) in [5, 5.41) is 22.5. The van der Waals surface area contributed by atoms with Crippen LogP contribution in [0.3, 0.4) is 0 Å². The average Bonchev–Trinajstić information content (AvgIpc) is 2.69. The first kappa shape index (κ1) is 27.8. The Bertz CT molecular complexity index is 1010. The van der Waals surface area contributed by atoms with Gasteiger partial charge >= 0.3 is 5.97 Å². The zero-order valence-corrected chi connectivity index (χ0v) is 23.0. The minimum absolute atomic E-state index is 0.109. The van der Waals surface area contributed by atoms with Crippen molar-refractivity contribution >= 4 is 5.97 Å². The van der Waals surface area contributed by atoms with Gasteiger partial charge in [-0.25, -0.2) is 0 Å². The number of phenolic OH excluding ortho intramolecular Hbond substituents is 2. The molecular weight excluding hydrogens is 424 g/mol. The van der Waals surface area contributed by atoms with Crippen LogP contribution in [0.15, 0.2) is 24.3 Å². The summed E-state index contributed by atoms with van der Waals surface area (Å²) >= 11 is 0. The zero-order valence-electron chi connectivity index (χ0n) is 23.0. The maximum Gasteiger partial charge on any atom is 0.305 e. The maximum absolute atomic E-state index is 11.8. The van der Waals surface area contributed by atoms with Crippen LogP contribution in [0.5, 0.6) is 11.5 Å². The maximum atomic E-state index is 11.8. The first-order valence-corrected chi connectivity index (χ1v) is 12.2. The van der Waals surface area contributed by atoms with Crippen molar-refractivity contribution in [1.29, 1.82) is 0 Å². The summed E-state index contributed by atoms with van der Waals surface area (Å²) < 4.78 is 4.83. The molecule has 0 saturated carbocycles. The van der Waals surface area contributed by atoms with Crippen molar-refractivity contribution in [2.45, 2.75) is 104 Å². The third kappa shape index (κ3) is 6.14. The SMILES string of the molecule is COC(=O)CCc1cc(C(C)c2cc(C(C)(C)C)c(O)c(C(C)(C)C)c2)c(O)c(C(C)(C)C)c1. The lowest BCUT2D eigenvalue weighted by Crippen LogP contribution is -2.19. The fraction of sp³-hybridized carbons (Fsp3) is 0.567. The highest BCUT2D eigenvalue weighted by molar-refractivity contribution is 5.69. The molecule has 0 aliphatic heterocycles. The van der Waals surface area contributed by atoms with Crippen LogP contribution in [0.4, 0.5) is 0 Å². The van der Waals surface area contributed by atoms with E-state index in [2.05, 4.69) is 81.4 Å². The number of carbonyl (C=O) groups excluding carboxylic acids is 1. The molecule has 4 nitrogen and oxygen atoms in total. The Morgan fingerprint density at radius 1 is 0.794 bits per heavy atom. The second-order valence-corrected chi connectivity index (χ2v) is 12.6. The Hall–Kier alpha value is -2.49. The van der Waals surface area contributed by atoms with E-state index in [0.29, 0.717) is 24.3 Å². The number of phenols is 2. The monoisotopic (exact) mass is 468 g/mol. The molecule has 1 atom stereocenters. The highest BCUT2D eigenvalue weighted by atomic mass is 16.5. The van der Waals surface area contributed by atoms with Crippen LogP contribution in [-0.4, -0.2) is 23.3 Å². The molecule has 34 heavy (non-hydrogen) atoms. The van der Waals surface area contributed by atoms with Gasteiger partial charge in [0.15, 0.2) is 0 Å². The van der Waals surface area contributed by atoms with Gasteiger partial charge < -0.3 is 14.9 Å². The van der Waals surface area contributed by atoms with E-state index in [1.54, 1.807) is 0 Å². The normalized spacial score (nSPS) is 13.6. The highest BCUT2D eigenvalue weighted by Crippen LogP contribution is 2.44. The molecule has 0 amide bonds. The molecule has 0 aromatic heterocycles. The molecule has 2 aromatic rings. The van der Waals surface area contributed by atoms with Crippen molar-refractivity contribution in [2.24, 2.45) is 0 Å². The molecule has 0 bridgehead atoms. The van der Waals surface area contributed by atoms with Crippen molar-refractivity contribution in [3.63, 3.8) is 0 Å². The summed E-state index contributed by atoms with van der Waals surface area (Å²) in [6.45, 7) is 21.0. The average molecular weight is 469 g/mol. The van der Waals surface area contributed by atoms with Gasteiger partial charge in [0.2, 0.25) is 0 Å². The van der Waals surface area contributed by atoms with Gasteiger partial charge in [-0.15, -0.1) is 0 Å². The molecule has 1 unspecified atom stereocenters. The number of methoxy groups -OCH3 is 1. The fourth-order valence-electron chi connectivity index (χ4n) is 4.34. The molecule has 0 aliphatic carbocycles. The van der Waals surface area contributed by atoms with Crippen LogP contribution in [0.1, 0.15) is 115 Å². The summed E-state index contributed by atoms with van der Waals surface area (Å²) in [5.41, 5.74) is 4.82. The number of hydrogen-bond acceptors (Lipinski definition) is 4. The van der Waals surface area contributed by atoms with Gasteiger partial charge in [0.25, 0.3) is 0 Å². The predicted octanol–water partition coefficient (Wildman–Crippen LogP) is 7.25. The predicted molar refractivity (Wildman–Crippen MR) is 140 cm³/mol. The van der Waals surface area contributed by atoms with Crippen molar-refractivity contribution in [2.75, 3.05) is 7.11 Å². The third-order valence-corrected chi connectivity index (χ3v) is 6.57. The first-order chi connectivity index (χ1) is 15.4. The quantitative estimate of drug-likeness (QED) is 0.454. The van der Waals surface area contributed by atoms with Crippen LogP contribution < -0.4 is 0 Å². The van der Waals surface area contributed by atoms with Crippen LogP contribution in [0.25, 0.3) is 0 Å². The Morgan fingerprint density at radius 2 is 1.24 bits per heavy atom. The summed E-state index contributed by atoms with van der Waals surface area (Å²) in [6, 6.07) is 8.17. The van der Waals surface area contributed by atoms with Crippen LogP contribution in [0, 0.1) is 0 Å². The number of ether oxygens (including phenoxy) is 1. The van der Waals surface area contributed by atoms with E-state index >= 15 is 0 Å². The van der Waals surface area contributed by atoms with E-state index < -0.39 is 0 Å². The van der Waals surface area contributed by atoms with Crippen molar-refractivity contribution < 1.29 is 19.7 Å². The number of esters is 1. The second-order valence-electron chi connectivity index (χ2n) is 12.6. The topological polar surface area (TPSA) is 66.8 Å². The Labute approximate surface area is 206 Å². The third-order valence-electron chi connectivity index (χ3n) is 6.57. The van der Waals surface area contributed by atoms with Gasteiger partial charge in [-0.3, -0.25) is 4.79 Å². The zero-order chi connectivity index (χ0) is 26.2. The lowest BCUT2D eigenvalue weighted by Gasteiger charge is -2.30. The summed E-state index contributed by atoms with van der Waals surface area (Å²) in [5.74, 6) is 0.289. The largest absolute Gasteiger partial charge is 0.507 e. The molecule has 2 rings (SSSR count). The summed E-state index contributed by atoms with van der Waals surface area (Å²) in [6.07, 6.45) is 0.839. The van der Waals surface area contributed by atoms with Crippen LogP contribution in [-0.2, 0) is 32.2 Å². The van der Waals surface area contributed by atoms with E-state index in [1.165, 1.54) is 7.11 Å². The Balaban J connectivity index is 2.75. The van der Waals surface area contributed by atoms with Crippen molar-refractivity contribution in [1.82, 2.24) is 0 Å². The van der Waals surface area contributed by atoms with Crippen LogP contribution in [0.2, 0.25) is 0 Å². The minimum Gasteiger partial charge on any atom is -0.507 e. The van der Waals surface area contributed by atoms with E-state index in [1.807, 2.05) is 12.1 Å². The minimum atomic E-state index is -0.262. The van der Waals surface area contributed by atoms with Gasteiger partial charge in [0.05, 0.1) is 7.11 Å². The van der Waals surface area contributed by atoms with Crippen molar-refractivity contribution in [3.05, 3.63) is 57.6 Å². The highest BCUT2D eigenvalue weighted by Gasteiger charge is 2.29. The molecule has 2 N–H and O–H groups in total. The standard InChI is InChI=1S/C30H44O4/c1-18(20-16-23(29(5,6)7)27(33)24(17-20)30(8,9)10)21-14-19(12-13-25(31)34-11)15-22(26(21)32)28(2,3)4/h14-18,32-33H,12-13H2,1-11H3. The molecule has 2 aromatic carbocycles. The number of benzene rings is 2. The van der Waals surface area contributed by atoms with Gasteiger partial charge in [-0.05, 0) is 50.5 Å². The van der Waals surface area contributed by atoms with E-state index in [4.69, 9.17) is 4.74 Å². The number of rotatable bonds is 5. The van der Waals surface area contributed by atoms with Gasteiger partial charge in [-0.1, -0.05) is 93.5 Å². The van der Waals surface area contributed by atoms with Gasteiger partial charge in [0.1, 0.15) is 11.5 Å². The molecule has 0 fully saturated rings. The summed E-state index contributed by atoms with van der Waals surface area (Å²) in [4.78, 5) is 11.8. The lowest BCUT2D eigenvalue weighted by molar-refractivity contribution is -0.140. The second kappa shape index (κ2) is 9.64. The molecule has 4 heteroatoms. The number of hydrogen-bond donors (Lipinski definition) is 2. The molecule has 0 radical (unpaired) electrons. The number of carbonyl (C=O) groups is 1. The Kier molecular flexibility index (Phi) is 7.87. The van der Waals surface area contributed by atoms with E-state index in [0.717, 1.165) is 33.4 Å². The number of aromatic hydroxyl groups is 2. The summed E-state index contributed by atoms with van der Waals surface area (Å²) in [7, 11) is 1.40. The van der Waals surface area contributed by atoms with Gasteiger partial charge in [0, 0.05) is 17.9 Å². The lowest BCUT2D eigenvalue weighted by atomic mass is 9.75. The Morgan fingerprint density at radius 3 is 1.65 bits per heavy atom. The fourth-order valence-corrected chi connectivity index (χ4v) is 4.34. The van der Waals surface area contributed by atoms with E-state index in [-0.39, 0.29) is 28.1 Å². The van der Waals surface area contributed by atoms with Crippen molar-refractivity contribution in [3.8, 4) is 11.5 Å².